The number of nitrogen functional groups attached to an aromatic ring is 2. The minimum Gasteiger partial charge on any atom is -0.423 e. The lowest BCUT2D eigenvalue weighted by molar-refractivity contribution is 0.441. The highest BCUT2D eigenvalue weighted by atomic mass is 19.1. The van der Waals surface area contributed by atoms with Gasteiger partial charge in [-0.25, -0.2) is 23.7 Å². The fraction of sp³-hybridized carbons (Fsp3) is 0.115. The van der Waals surface area contributed by atoms with Crippen molar-refractivity contribution in [2.75, 3.05) is 11.5 Å². The number of anilines is 2. The number of hydrogen-bond donors (Lipinski definition) is 3. The average molecular weight is 537 g/mol. The first-order valence-corrected chi connectivity index (χ1v) is 12.1. The number of aromatic nitrogens is 10. The van der Waals surface area contributed by atoms with Crippen molar-refractivity contribution in [3.63, 3.8) is 0 Å². The Bertz CT molecular complexity index is 2130. The number of nitrogens with two attached hydrogens (primary N) is 2. The van der Waals surface area contributed by atoms with Gasteiger partial charge < -0.3 is 16.2 Å². The summed E-state index contributed by atoms with van der Waals surface area (Å²) in [5.41, 5.74) is 17.6. The Hall–Kier alpha value is -5.66. The lowest BCUT2D eigenvalue weighted by Gasteiger charge is -2.10. The highest BCUT2D eigenvalue weighted by molar-refractivity contribution is 6.01. The van der Waals surface area contributed by atoms with Crippen molar-refractivity contribution < 1.29 is 9.13 Å². The molecule has 5 aromatic heterocycles. The maximum Gasteiger partial charge on any atom is 0.326 e. The van der Waals surface area contributed by atoms with Crippen LogP contribution in [0.1, 0.15) is 5.69 Å². The van der Waals surface area contributed by atoms with Crippen molar-refractivity contribution in [1.82, 2.24) is 49.7 Å². The summed E-state index contributed by atoms with van der Waals surface area (Å²) in [4.78, 5) is 17.3. The van der Waals surface area contributed by atoms with Gasteiger partial charge in [0.05, 0.1) is 16.3 Å². The van der Waals surface area contributed by atoms with Crippen molar-refractivity contribution in [3.05, 3.63) is 54.2 Å². The molecule has 0 aliphatic heterocycles. The van der Waals surface area contributed by atoms with Gasteiger partial charge in [0.25, 0.3) is 0 Å². The molecule has 0 atom stereocenters. The van der Waals surface area contributed by atoms with Crippen molar-refractivity contribution >= 4 is 44.6 Å². The smallest absolute Gasteiger partial charge is 0.326 e. The molecular formula is C26H21FN12O. The number of aryl methyl sites for hydroxylation is 3. The number of hydrogen-bond acceptors (Lipinski definition) is 10. The van der Waals surface area contributed by atoms with E-state index < -0.39 is 5.82 Å². The summed E-state index contributed by atoms with van der Waals surface area (Å²) in [6.07, 6.45) is 1.35. The van der Waals surface area contributed by atoms with Crippen LogP contribution in [0.4, 0.5) is 16.0 Å². The van der Waals surface area contributed by atoms with Crippen LogP contribution in [0.5, 0.6) is 11.8 Å². The molecule has 0 fully saturated rings. The second kappa shape index (κ2) is 8.42. The van der Waals surface area contributed by atoms with E-state index in [4.69, 9.17) is 16.2 Å². The fourth-order valence-electron chi connectivity index (χ4n) is 4.87. The average Bonchev–Trinajstić information content (AvgIpc) is 3.58. The number of ether oxygens (including phenoxy) is 1. The molecule has 0 aliphatic rings. The first-order valence-electron chi connectivity index (χ1n) is 12.1. The monoisotopic (exact) mass is 536 g/mol. The van der Waals surface area contributed by atoms with Crippen LogP contribution in [0.2, 0.25) is 0 Å². The number of nitrogens with zero attached hydrogens (tertiary/aromatic N) is 9. The minimum absolute atomic E-state index is 0.0887. The Balaban J connectivity index is 1.34. The Labute approximate surface area is 224 Å². The predicted octanol–water partition coefficient (Wildman–Crippen LogP) is 3.65. The second-order valence-corrected chi connectivity index (χ2v) is 9.32. The Morgan fingerprint density at radius 1 is 0.875 bits per heavy atom. The molecule has 13 nitrogen and oxygen atoms in total. The first-order chi connectivity index (χ1) is 19.3. The molecule has 0 bridgehead atoms. The molecule has 198 valence electrons. The Morgan fingerprint density at radius 2 is 1.65 bits per heavy atom. The zero-order chi connectivity index (χ0) is 27.7. The van der Waals surface area contributed by atoms with Gasteiger partial charge in [0.1, 0.15) is 40.9 Å². The molecular weight excluding hydrogens is 515 g/mol. The van der Waals surface area contributed by atoms with Crippen LogP contribution in [0, 0.1) is 12.7 Å². The van der Waals surface area contributed by atoms with E-state index in [1.54, 1.807) is 23.5 Å². The highest BCUT2D eigenvalue weighted by Gasteiger charge is 2.22. The number of fused-ring (bicyclic) bond motifs is 3. The SMILES string of the molecule is Cc1[nH]nc2cc(-c3nn(C)c4nc(Oc5cc(F)ccc5-c5nn(C)c6ncnc(N)c56)nc(N)c34)ccc12. The van der Waals surface area contributed by atoms with Gasteiger partial charge >= 0.3 is 6.01 Å². The molecule has 14 heteroatoms. The van der Waals surface area contributed by atoms with Crippen molar-refractivity contribution in [1.29, 1.82) is 0 Å². The summed E-state index contributed by atoms with van der Waals surface area (Å²) in [5, 5.41) is 18.6. The van der Waals surface area contributed by atoms with Crippen LogP contribution < -0.4 is 16.2 Å². The largest absolute Gasteiger partial charge is 0.423 e. The molecule has 0 spiro atoms. The van der Waals surface area contributed by atoms with E-state index in [0.717, 1.165) is 22.2 Å². The Morgan fingerprint density at radius 3 is 2.50 bits per heavy atom. The van der Waals surface area contributed by atoms with Gasteiger partial charge in [0, 0.05) is 42.4 Å². The number of H-pyrrole nitrogens is 1. The summed E-state index contributed by atoms with van der Waals surface area (Å²) < 4.78 is 23.6. The molecule has 0 unspecified atom stereocenters. The van der Waals surface area contributed by atoms with Crippen LogP contribution in [0.3, 0.4) is 0 Å². The zero-order valence-corrected chi connectivity index (χ0v) is 21.5. The van der Waals surface area contributed by atoms with E-state index in [1.807, 2.05) is 25.1 Å². The third kappa shape index (κ3) is 3.49. The topological polar surface area (TPSA) is 177 Å². The number of benzene rings is 2. The predicted molar refractivity (Wildman–Crippen MR) is 147 cm³/mol. The van der Waals surface area contributed by atoms with Crippen LogP contribution in [-0.4, -0.2) is 49.7 Å². The van der Waals surface area contributed by atoms with Crippen LogP contribution in [0.25, 0.3) is 55.5 Å². The van der Waals surface area contributed by atoms with Gasteiger partial charge in [-0.2, -0.15) is 25.3 Å². The van der Waals surface area contributed by atoms with E-state index >= 15 is 0 Å². The molecule has 7 rings (SSSR count). The molecule has 0 amide bonds. The number of nitrogens with one attached hydrogen (secondary N) is 1. The standard InChI is InChI=1S/C26H21FN12O/c1-11-14-6-4-12(8-16(14)35-34-11)20-18-23(29)32-26(33-25(18)39(3)36-20)40-17-9-13(27)5-7-15(17)21-19-22(28)30-10-31-24(19)38(2)37-21/h4-10H,1-3H3,(H,34,35)(H2,28,30,31)(H2,29,32,33). The van der Waals surface area contributed by atoms with E-state index in [0.29, 0.717) is 39.0 Å². The van der Waals surface area contributed by atoms with Crippen LogP contribution in [0.15, 0.2) is 42.7 Å². The second-order valence-electron chi connectivity index (χ2n) is 9.32. The third-order valence-corrected chi connectivity index (χ3v) is 6.76. The summed E-state index contributed by atoms with van der Waals surface area (Å²) in [6.45, 7) is 1.96. The number of halogens is 1. The van der Waals surface area contributed by atoms with Crippen molar-refractivity contribution in [3.8, 4) is 34.3 Å². The third-order valence-electron chi connectivity index (χ3n) is 6.76. The molecule has 0 saturated heterocycles. The first kappa shape index (κ1) is 23.5. The van der Waals surface area contributed by atoms with E-state index in [1.165, 1.54) is 24.5 Å². The summed E-state index contributed by atoms with van der Waals surface area (Å²) in [7, 11) is 3.47. The van der Waals surface area contributed by atoms with Gasteiger partial charge in [-0.1, -0.05) is 12.1 Å². The van der Waals surface area contributed by atoms with Gasteiger partial charge in [-0.05, 0) is 25.1 Å². The quantitative estimate of drug-likeness (QED) is 0.301. The van der Waals surface area contributed by atoms with E-state index in [2.05, 4.69) is 40.3 Å². The summed E-state index contributed by atoms with van der Waals surface area (Å²) in [5.74, 6) is -0.0241. The normalized spacial score (nSPS) is 11.7. The van der Waals surface area contributed by atoms with Crippen LogP contribution >= 0.6 is 0 Å². The lowest BCUT2D eigenvalue weighted by Crippen LogP contribution is -2.01. The lowest BCUT2D eigenvalue weighted by atomic mass is 10.1. The maximum absolute atomic E-state index is 14.4. The highest BCUT2D eigenvalue weighted by Crippen LogP contribution is 2.39. The molecule has 5 heterocycles. The molecule has 0 radical (unpaired) electrons. The molecule has 0 saturated carbocycles. The van der Waals surface area contributed by atoms with Gasteiger partial charge in [0.15, 0.2) is 11.3 Å². The van der Waals surface area contributed by atoms with E-state index in [9.17, 15) is 4.39 Å². The maximum atomic E-state index is 14.4. The summed E-state index contributed by atoms with van der Waals surface area (Å²) in [6, 6.07) is 9.81. The molecule has 2 aromatic carbocycles. The van der Waals surface area contributed by atoms with Crippen molar-refractivity contribution in [2.45, 2.75) is 6.92 Å². The molecule has 5 N–H and O–H groups in total. The van der Waals surface area contributed by atoms with Gasteiger partial charge in [-0.15, -0.1) is 0 Å². The van der Waals surface area contributed by atoms with Gasteiger partial charge in [0.2, 0.25) is 0 Å². The molecule has 40 heavy (non-hydrogen) atoms. The fourth-order valence-corrected chi connectivity index (χ4v) is 4.87. The van der Waals surface area contributed by atoms with Crippen LogP contribution in [-0.2, 0) is 14.1 Å². The van der Waals surface area contributed by atoms with Crippen molar-refractivity contribution in [2.24, 2.45) is 14.1 Å². The molecule has 0 aliphatic carbocycles. The van der Waals surface area contributed by atoms with Gasteiger partial charge in [-0.3, -0.25) is 5.10 Å². The molecule has 7 aromatic rings. The zero-order valence-electron chi connectivity index (χ0n) is 21.5. The number of rotatable bonds is 4. The number of aromatic amines is 1. The summed E-state index contributed by atoms with van der Waals surface area (Å²) >= 11 is 0. The minimum atomic E-state index is -0.524. The van der Waals surface area contributed by atoms with E-state index in [-0.39, 0.29) is 23.4 Å². The Kier molecular flexibility index (Phi) is 4.94.